The average molecular weight is 239 g/mol. The summed E-state index contributed by atoms with van der Waals surface area (Å²) in [5.74, 6) is 0. The van der Waals surface area contributed by atoms with Crippen molar-refractivity contribution in [2.24, 2.45) is 0 Å². The normalized spacial score (nSPS) is 21.0. The summed E-state index contributed by atoms with van der Waals surface area (Å²) >= 11 is 1.92. The lowest BCUT2D eigenvalue weighted by Gasteiger charge is -2.35. The molecule has 90 valence electrons. The van der Waals surface area contributed by atoms with Gasteiger partial charge in [0.1, 0.15) is 0 Å². The summed E-state index contributed by atoms with van der Waals surface area (Å²) in [5.41, 5.74) is 1.57. The molecule has 3 heteroatoms. The third kappa shape index (κ3) is 2.47. The molecule has 0 fully saturated rings. The van der Waals surface area contributed by atoms with Crippen molar-refractivity contribution < 1.29 is 4.74 Å². The maximum absolute atomic E-state index is 5.46. The fourth-order valence-electron chi connectivity index (χ4n) is 2.52. The molecule has 0 bridgehead atoms. The molecule has 0 aromatic carbocycles. The highest BCUT2D eigenvalue weighted by atomic mass is 32.1. The second-order valence-corrected chi connectivity index (χ2v) is 5.21. The van der Waals surface area contributed by atoms with E-state index in [1.165, 1.54) is 19.4 Å². The highest BCUT2D eigenvalue weighted by Crippen LogP contribution is 2.34. The Morgan fingerprint density at radius 1 is 1.50 bits per heavy atom. The predicted molar refractivity (Wildman–Crippen MR) is 69.1 cm³/mol. The van der Waals surface area contributed by atoms with E-state index in [4.69, 9.17) is 4.74 Å². The third-order valence-electron chi connectivity index (χ3n) is 3.32. The van der Waals surface area contributed by atoms with E-state index in [1.54, 1.807) is 10.4 Å². The van der Waals surface area contributed by atoms with Crippen molar-refractivity contribution in [3.8, 4) is 0 Å². The molecular weight excluding hydrogens is 218 g/mol. The Morgan fingerprint density at radius 2 is 2.38 bits per heavy atom. The van der Waals surface area contributed by atoms with Crippen LogP contribution in [0.5, 0.6) is 0 Å². The molecule has 0 radical (unpaired) electrons. The molecule has 0 amide bonds. The molecule has 1 aliphatic rings. The van der Waals surface area contributed by atoms with Gasteiger partial charge in [0, 0.05) is 30.6 Å². The van der Waals surface area contributed by atoms with Crippen molar-refractivity contribution >= 4 is 11.3 Å². The minimum Gasteiger partial charge on any atom is -0.380 e. The van der Waals surface area contributed by atoms with Crippen LogP contribution in [0.3, 0.4) is 0 Å². The van der Waals surface area contributed by atoms with Gasteiger partial charge < -0.3 is 4.74 Å². The Hall–Kier alpha value is -0.380. The van der Waals surface area contributed by atoms with E-state index in [9.17, 15) is 0 Å². The Morgan fingerprint density at radius 3 is 3.12 bits per heavy atom. The number of fused-ring (bicyclic) bond motifs is 1. The molecule has 1 aliphatic heterocycles. The van der Waals surface area contributed by atoms with Crippen LogP contribution in [0.4, 0.5) is 0 Å². The number of rotatable bonds is 5. The SMILES string of the molecule is CCOCCN1CCc2sccc2C1CC. The van der Waals surface area contributed by atoms with Crippen LogP contribution >= 0.6 is 11.3 Å². The van der Waals surface area contributed by atoms with E-state index in [-0.39, 0.29) is 0 Å². The van der Waals surface area contributed by atoms with E-state index in [1.807, 2.05) is 11.3 Å². The zero-order valence-corrected chi connectivity index (χ0v) is 11.1. The minimum absolute atomic E-state index is 0.621. The maximum Gasteiger partial charge on any atom is 0.0593 e. The molecule has 0 saturated carbocycles. The van der Waals surface area contributed by atoms with E-state index in [2.05, 4.69) is 30.2 Å². The lowest BCUT2D eigenvalue weighted by Crippen LogP contribution is -2.36. The van der Waals surface area contributed by atoms with Gasteiger partial charge in [-0.3, -0.25) is 4.90 Å². The van der Waals surface area contributed by atoms with Crippen LogP contribution in [0.25, 0.3) is 0 Å². The Labute approximate surface area is 102 Å². The first-order valence-corrected chi connectivity index (χ1v) is 7.12. The molecule has 1 unspecified atom stereocenters. The molecule has 0 aliphatic carbocycles. The van der Waals surface area contributed by atoms with Crippen molar-refractivity contribution in [2.75, 3.05) is 26.3 Å². The molecule has 0 N–H and O–H groups in total. The summed E-state index contributed by atoms with van der Waals surface area (Å²) in [6.07, 6.45) is 2.42. The van der Waals surface area contributed by atoms with Gasteiger partial charge in [0.15, 0.2) is 0 Å². The molecule has 1 aromatic rings. The highest BCUT2D eigenvalue weighted by molar-refractivity contribution is 7.10. The summed E-state index contributed by atoms with van der Waals surface area (Å²) in [5, 5.41) is 2.24. The van der Waals surface area contributed by atoms with Crippen molar-refractivity contribution in [3.63, 3.8) is 0 Å². The average Bonchev–Trinajstić information content (AvgIpc) is 2.77. The van der Waals surface area contributed by atoms with Gasteiger partial charge in [-0.25, -0.2) is 0 Å². The van der Waals surface area contributed by atoms with Crippen LogP contribution in [-0.4, -0.2) is 31.2 Å². The Bertz CT molecular complexity index is 323. The van der Waals surface area contributed by atoms with E-state index in [0.717, 1.165) is 19.8 Å². The van der Waals surface area contributed by atoms with Gasteiger partial charge in [-0.15, -0.1) is 11.3 Å². The molecule has 2 nitrogen and oxygen atoms in total. The first-order chi connectivity index (χ1) is 7.86. The van der Waals surface area contributed by atoms with Crippen molar-refractivity contribution in [1.29, 1.82) is 0 Å². The highest BCUT2D eigenvalue weighted by Gasteiger charge is 2.26. The molecule has 1 aromatic heterocycles. The fraction of sp³-hybridized carbons (Fsp3) is 0.692. The predicted octanol–water partition coefficient (Wildman–Crippen LogP) is 3.09. The zero-order valence-electron chi connectivity index (χ0n) is 10.2. The molecule has 2 rings (SSSR count). The van der Waals surface area contributed by atoms with Gasteiger partial charge >= 0.3 is 0 Å². The second kappa shape index (κ2) is 5.80. The summed E-state index contributed by atoms with van der Waals surface area (Å²) in [6.45, 7) is 8.30. The first-order valence-electron chi connectivity index (χ1n) is 6.24. The number of nitrogens with zero attached hydrogens (tertiary/aromatic N) is 1. The fourth-order valence-corrected chi connectivity index (χ4v) is 3.45. The number of thiophene rings is 1. The van der Waals surface area contributed by atoms with Crippen LogP contribution in [0, 0.1) is 0 Å². The van der Waals surface area contributed by atoms with E-state index in [0.29, 0.717) is 6.04 Å². The van der Waals surface area contributed by atoms with Gasteiger partial charge in [0.25, 0.3) is 0 Å². The third-order valence-corrected chi connectivity index (χ3v) is 4.32. The van der Waals surface area contributed by atoms with Crippen LogP contribution in [0.15, 0.2) is 11.4 Å². The standard InChI is InChI=1S/C13H21NOS/c1-3-12-11-6-10-16-13(11)5-7-14(12)8-9-15-4-2/h6,10,12H,3-5,7-9H2,1-2H3. The Balaban J connectivity index is 2.00. The lowest BCUT2D eigenvalue weighted by molar-refractivity contribution is 0.0889. The van der Waals surface area contributed by atoms with E-state index >= 15 is 0 Å². The molecule has 16 heavy (non-hydrogen) atoms. The zero-order chi connectivity index (χ0) is 11.4. The second-order valence-electron chi connectivity index (χ2n) is 4.21. The van der Waals surface area contributed by atoms with Gasteiger partial charge in [-0.05, 0) is 36.8 Å². The molecule has 2 heterocycles. The van der Waals surface area contributed by atoms with Crippen LogP contribution in [0.1, 0.15) is 36.8 Å². The smallest absolute Gasteiger partial charge is 0.0593 e. The molecular formula is C13H21NOS. The first kappa shape index (κ1) is 12.1. The minimum atomic E-state index is 0.621. The Kier molecular flexibility index (Phi) is 4.38. The summed E-state index contributed by atoms with van der Waals surface area (Å²) in [6, 6.07) is 2.93. The molecule has 0 spiro atoms. The molecule has 0 saturated heterocycles. The number of ether oxygens (including phenoxy) is 1. The quantitative estimate of drug-likeness (QED) is 0.732. The van der Waals surface area contributed by atoms with Crippen LogP contribution in [-0.2, 0) is 11.2 Å². The van der Waals surface area contributed by atoms with Gasteiger partial charge in [0.05, 0.1) is 6.61 Å². The number of hydrogen-bond donors (Lipinski definition) is 0. The van der Waals surface area contributed by atoms with Gasteiger partial charge in [-0.2, -0.15) is 0 Å². The van der Waals surface area contributed by atoms with Crippen molar-refractivity contribution in [2.45, 2.75) is 32.7 Å². The summed E-state index contributed by atoms with van der Waals surface area (Å²) in [7, 11) is 0. The lowest BCUT2D eigenvalue weighted by atomic mass is 9.98. The van der Waals surface area contributed by atoms with Crippen LogP contribution < -0.4 is 0 Å². The monoisotopic (exact) mass is 239 g/mol. The topological polar surface area (TPSA) is 12.5 Å². The summed E-state index contributed by atoms with van der Waals surface area (Å²) < 4.78 is 5.46. The largest absolute Gasteiger partial charge is 0.380 e. The van der Waals surface area contributed by atoms with Gasteiger partial charge in [0.2, 0.25) is 0 Å². The number of hydrogen-bond acceptors (Lipinski definition) is 3. The van der Waals surface area contributed by atoms with Crippen molar-refractivity contribution in [3.05, 3.63) is 21.9 Å². The maximum atomic E-state index is 5.46. The van der Waals surface area contributed by atoms with Crippen LogP contribution in [0.2, 0.25) is 0 Å². The van der Waals surface area contributed by atoms with E-state index < -0.39 is 0 Å². The molecule has 1 atom stereocenters. The van der Waals surface area contributed by atoms with Crippen molar-refractivity contribution in [1.82, 2.24) is 4.90 Å². The summed E-state index contributed by atoms with van der Waals surface area (Å²) in [4.78, 5) is 4.17. The van der Waals surface area contributed by atoms with Gasteiger partial charge in [-0.1, -0.05) is 6.92 Å².